The molecule has 92 valence electrons. The van der Waals surface area contributed by atoms with E-state index in [1.54, 1.807) is 7.11 Å². The van der Waals surface area contributed by atoms with Gasteiger partial charge in [-0.05, 0) is 56.0 Å². The molecule has 0 amide bonds. The van der Waals surface area contributed by atoms with Crippen molar-refractivity contribution in [1.29, 1.82) is 0 Å². The number of rotatable bonds is 5. The third-order valence-electron chi connectivity index (χ3n) is 2.42. The van der Waals surface area contributed by atoms with Crippen molar-refractivity contribution in [3.8, 4) is 18.1 Å². The van der Waals surface area contributed by atoms with Crippen molar-refractivity contribution in [2.75, 3.05) is 7.11 Å². The van der Waals surface area contributed by atoms with Gasteiger partial charge in [-0.15, -0.1) is 6.42 Å². The van der Waals surface area contributed by atoms with Crippen LogP contribution in [-0.2, 0) is 6.54 Å². The van der Waals surface area contributed by atoms with Crippen molar-refractivity contribution in [2.45, 2.75) is 25.9 Å². The zero-order chi connectivity index (χ0) is 12.8. The Morgan fingerprint density at radius 1 is 1.41 bits per heavy atom. The smallest absolute Gasteiger partial charge is 0.147 e. The first kappa shape index (κ1) is 14.6. The predicted octanol–water partition coefficient (Wildman–Crippen LogP) is 3.72. The average molecular weight is 361 g/mol. The molecule has 0 fully saturated rings. The van der Waals surface area contributed by atoms with Crippen LogP contribution >= 0.6 is 31.9 Å². The third-order valence-corrected chi connectivity index (χ3v) is 3.60. The number of halogens is 2. The van der Waals surface area contributed by atoms with E-state index in [1.807, 2.05) is 12.1 Å². The summed E-state index contributed by atoms with van der Waals surface area (Å²) in [5, 5.41) is 3.31. The van der Waals surface area contributed by atoms with Crippen LogP contribution in [0.15, 0.2) is 21.1 Å². The SMILES string of the molecule is C#CC(CC)NCc1cc(Br)c(OC)c(Br)c1. The van der Waals surface area contributed by atoms with E-state index < -0.39 is 0 Å². The minimum Gasteiger partial charge on any atom is -0.494 e. The molecule has 17 heavy (non-hydrogen) atoms. The van der Waals surface area contributed by atoms with E-state index in [-0.39, 0.29) is 6.04 Å². The molecule has 1 atom stereocenters. The van der Waals surface area contributed by atoms with Gasteiger partial charge in [-0.2, -0.15) is 0 Å². The van der Waals surface area contributed by atoms with Crippen LogP contribution in [0.3, 0.4) is 0 Å². The largest absolute Gasteiger partial charge is 0.494 e. The first-order valence-electron chi connectivity index (χ1n) is 5.33. The van der Waals surface area contributed by atoms with Crippen LogP contribution in [0.4, 0.5) is 0 Å². The van der Waals surface area contributed by atoms with Crippen molar-refractivity contribution < 1.29 is 4.74 Å². The fourth-order valence-corrected chi connectivity index (χ4v) is 3.08. The summed E-state index contributed by atoms with van der Waals surface area (Å²) in [4.78, 5) is 0. The lowest BCUT2D eigenvalue weighted by Crippen LogP contribution is -2.26. The molecule has 1 rings (SSSR count). The van der Waals surface area contributed by atoms with Gasteiger partial charge in [0.25, 0.3) is 0 Å². The molecule has 1 aromatic rings. The monoisotopic (exact) mass is 359 g/mol. The summed E-state index contributed by atoms with van der Waals surface area (Å²) < 4.78 is 7.11. The van der Waals surface area contributed by atoms with Gasteiger partial charge in [0.1, 0.15) is 5.75 Å². The maximum Gasteiger partial charge on any atom is 0.147 e. The predicted molar refractivity (Wildman–Crippen MR) is 78.1 cm³/mol. The van der Waals surface area contributed by atoms with Crippen LogP contribution in [-0.4, -0.2) is 13.2 Å². The number of ether oxygens (including phenoxy) is 1. The molecular formula is C13H15Br2NO. The number of hydrogen-bond donors (Lipinski definition) is 1. The van der Waals surface area contributed by atoms with Gasteiger partial charge in [-0.1, -0.05) is 12.8 Å². The van der Waals surface area contributed by atoms with Crippen LogP contribution in [0.5, 0.6) is 5.75 Å². The van der Waals surface area contributed by atoms with Crippen molar-refractivity contribution >= 4 is 31.9 Å². The Bertz CT molecular complexity index is 403. The van der Waals surface area contributed by atoms with Crippen molar-refractivity contribution in [1.82, 2.24) is 5.32 Å². The van der Waals surface area contributed by atoms with Crippen molar-refractivity contribution in [2.24, 2.45) is 0 Å². The first-order chi connectivity index (χ1) is 8.12. The van der Waals surface area contributed by atoms with E-state index in [1.165, 1.54) is 0 Å². The zero-order valence-electron chi connectivity index (χ0n) is 9.89. The molecular weight excluding hydrogens is 346 g/mol. The average Bonchev–Trinajstić information content (AvgIpc) is 2.30. The summed E-state index contributed by atoms with van der Waals surface area (Å²) >= 11 is 6.95. The molecule has 1 aromatic carbocycles. The minimum atomic E-state index is 0.120. The highest BCUT2D eigenvalue weighted by atomic mass is 79.9. The minimum absolute atomic E-state index is 0.120. The fraction of sp³-hybridized carbons (Fsp3) is 0.385. The zero-order valence-corrected chi connectivity index (χ0v) is 13.1. The summed E-state index contributed by atoms with van der Waals surface area (Å²) in [5.41, 5.74) is 1.15. The molecule has 0 aliphatic heterocycles. The van der Waals surface area contributed by atoms with Gasteiger partial charge < -0.3 is 4.74 Å². The fourth-order valence-electron chi connectivity index (χ4n) is 1.47. The van der Waals surface area contributed by atoms with E-state index in [0.717, 1.165) is 33.2 Å². The molecule has 0 aromatic heterocycles. The number of benzene rings is 1. The standard InChI is InChI=1S/C13H15Br2NO/c1-4-10(5-2)16-8-9-6-11(14)13(17-3)12(15)7-9/h1,6-7,10,16H,5,8H2,2-3H3. The second-order valence-corrected chi connectivity index (χ2v) is 5.31. The molecule has 1 N–H and O–H groups in total. The van der Waals surface area contributed by atoms with Crippen LogP contribution in [0, 0.1) is 12.3 Å². The van der Waals surface area contributed by atoms with E-state index in [9.17, 15) is 0 Å². The lowest BCUT2D eigenvalue weighted by molar-refractivity contribution is 0.409. The highest BCUT2D eigenvalue weighted by Crippen LogP contribution is 2.34. The Morgan fingerprint density at radius 3 is 2.41 bits per heavy atom. The van der Waals surface area contributed by atoms with E-state index >= 15 is 0 Å². The topological polar surface area (TPSA) is 21.3 Å². The molecule has 0 aliphatic carbocycles. The van der Waals surface area contributed by atoms with Gasteiger partial charge in [-0.3, -0.25) is 5.32 Å². The van der Waals surface area contributed by atoms with E-state index in [2.05, 4.69) is 50.0 Å². The summed E-state index contributed by atoms with van der Waals surface area (Å²) in [7, 11) is 1.65. The summed E-state index contributed by atoms with van der Waals surface area (Å²) in [6.07, 6.45) is 6.33. The lowest BCUT2D eigenvalue weighted by atomic mass is 10.2. The Hall–Kier alpha value is -0.500. The Kier molecular flexibility index (Phi) is 6.04. The quantitative estimate of drug-likeness (QED) is 0.808. The van der Waals surface area contributed by atoms with Crippen LogP contribution < -0.4 is 10.1 Å². The normalized spacial score (nSPS) is 11.9. The van der Waals surface area contributed by atoms with Gasteiger partial charge in [0, 0.05) is 6.54 Å². The molecule has 0 heterocycles. The summed E-state index contributed by atoms with van der Waals surface area (Å²) in [6, 6.07) is 4.18. The second-order valence-electron chi connectivity index (χ2n) is 3.60. The lowest BCUT2D eigenvalue weighted by Gasteiger charge is -2.13. The first-order valence-corrected chi connectivity index (χ1v) is 6.92. The molecule has 0 spiro atoms. The highest BCUT2D eigenvalue weighted by Gasteiger charge is 2.08. The maximum atomic E-state index is 5.40. The molecule has 4 heteroatoms. The molecule has 2 nitrogen and oxygen atoms in total. The van der Waals surface area contributed by atoms with E-state index in [0.29, 0.717) is 0 Å². The Balaban J connectivity index is 2.77. The number of terminal acetylenes is 1. The maximum absolute atomic E-state index is 5.40. The van der Waals surface area contributed by atoms with Gasteiger partial charge in [-0.25, -0.2) is 0 Å². The summed E-state index contributed by atoms with van der Waals surface area (Å²) in [6.45, 7) is 2.81. The molecule has 0 bridgehead atoms. The molecule has 0 saturated heterocycles. The van der Waals surface area contributed by atoms with Crippen molar-refractivity contribution in [3.05, 3.63) is 26.6 Å². The van der Waals surface area contributed by atoms with Crippen LogP contribution in [0.1, 0.15) is 18.9 Å². The Labute approximate surface area is 119 Å². The number of nitrogens with one attached hydrogen (secondary N) is 1. The molecule has 1 unspecified atom stereocenters. The highest BCUT2D eigenvalue weighted by molar-refractivity contribution is 9.11. The van der Waals surface area contributed by atoms with Gasteiger partial charge in [0.05, 0.1) is 22.1 Å². The van der Waals surface area contributed by atoms with E-state index in [4.69, 9.17) is 11.2 Å². The number of hydrogen-bond acceptors (Lipinski definition) is 2. The van der Waals surface area contributed by atoms with Gasteiger partial charge in [0.2, 0.25) is 0 Å². The van der Waals surface area contributed by atoms with Gasteiger partial charge >= 0.3 is 0 Å². The van der Waals surface area contributed by atoms with Crippen LogP contribution in [0.2, 0.25) is 0 Å². The third kappa shape index (κ3) is 4.02. The van der Waals surface area contributed by atoms with Crippen molar-refractivity contribution in [3.63, 3.8) is 0 Å². The van der Waals surface area contributed by atoms with Crippen LogP contribution in [0.25, 0.3) is 0 Å². The second kappa shape index (κ2) is 7.05. The Morgan fingerprint density at radius 2 is 2.00 bits per heavy atom. The molecule has 0 aliphatic rings. The van der Waals surface area contributed by atoms with Gasteiger partial charge in [0.15, 0.2) is 0 Å². The summed E-state index contributed by atoms with van der Waals surface area (Å²) in [5.74, 6) is 3.52. The molecule has 0 saturated carbocycles. The number of methoxy groups -OCH3 is 1. The molecule has 0 radical (unpaired) electrons.